The van der Waals surface area contributed by atoms with E-state index in [1.165, 1.54) is 0 Å². The van der Waals surface area contributed by atoms with E-state index in [2.05, 4.69) is 41.4 Å². The van der Waals surface area contributed by atoms with Crippen LogP contribution in [0.1, 0.15) is 45.1 Å². The summed E-state index contributed by atoms with van der Waals surface area (Å²) < 4.78 is 11.1. The SMILES string of the molecule is CCCNc1ncnc(NCCCS(C)=O)c1C(C)C. The zero-order chi connectivity index (χ0) is 15.0. The van der Waals surface area contributed by atoms with Crippen molar-refractivity contribution < 1.29 is 4.21 Å². The van der Waals surface area contributed by atoms with Gasteiger partial charge in [-0.2, -0.15) is 0 Å². The second-order valence-electron chi connectivity index (χ2n) is 5.12. The Morgan fingerprint density at radius 1 is 1.20 bits per heavy atom. The Hall–Kier alpha value is -1.17. The predicted octanol–water partition coefficient (Wildman–Crippen LogP) is 2.60. The predicted molar refractivity (Wildman–Crippen MR) is 86.9 cm³/mol. The summed E-state index contributed by atoms with van der Waals surface area (Å²) in [7, 11) is -0.731. The highest BCUT2D eigenvalue weighted by Crippen LogP contribution is 2.28. The molecule has 0 bridgehead atoms. The Kier molecular flexibility index (Phi) is 7.51. The molecule has 2 N–H and O–H groups in total. The van der Waals surface area contributed by atoms with E-state index in [4.69, 9.17) is 0 Å². The average Bonchev–Trinajstić information content (AvgIpc) is 2.40. The highest BCUT2D eigenvalue weighted by molar-refractivity contribution is 7.84. The van der Waals surface area contributed by atoms with E-state index < -0.39 is 10.8 Å². The normalized spacial score (nSPS) is 12.4. The largest absolute Gasteiger partial charge is 0.370 e. The Morgan fingerprint density at radius 3 is 2.30 bits per heavy atom. The van der Waals surface area contributed by atoms with Gasteiger partial charge in [0.2, 0.25) is 0 Å². The third-order valence-corrected chi connectivity index (χ3v) is 3.77. The van der Waals surface area contributed by atoms with Crippen molar-refractivity contribution in [2.75, 3.05) is 35.7 Å². The Labute approximate surface area is 124 Å². The fourth-order valence-corrected chi connectivity index (χ4v) is 2.50. The first-order valence-corrected chi connectivity index (χ1v) is 8.91. The molecule has 6 heteroatoms. The standard InChI is InChI=1S/C14H26N4OS/c1-5-7-15-13-12(11(2)3)14(18-10-17-13)16-8-6-9-20(4)19/h10-11H,5-9H2,1-4H3,(H2,15,16,17,18). The van der Waals surface area contributed by atoms with Crippen LogP contribution in [0.2, 0.25) is 0 Å². The summed E-state index contributed by atoms with van der Waals surface area (Å²) in [6.07, 6.45) is 5.26. The maximum atomic E-state index is 11.1. The van der Waals surface area contributed by atoms with Gasteiger partial charge in [0.25, 0.3) is 0 Å². The summed E-state index contributed by atoms with van der Waals surface area (Å²) >= 11 is 0. The van der Waals surface area contributed by atoms with Crippen molar-refractivity contribution in [2.24, 2.45) is 0 Å². The minimum atomic E-state index is -0.731. The lowest BCUT2D eigenvalue weighted by molar-refractivity contribution is 0.685. The van der Waals surface area contributed by atoms with Crippen LogP contribution in [0.25, 0.3) is 0 Å². The number of hydrogen-bond acceptors (Lipinski definition) is 5. The third kappa shape index (κ3) is 5.45. The van der Waals surface area contributed by atoms with Gasteiger partial charge in [0.15, 0.2) is 0 Å². The second-order valence-corrected chi connectivity index (χ2v) is 6.68. The molecule has 0 aliphatic carbocycles. The molecule has 0 fully saturated rings. The summed E-state index contributed by atoms with van der Waals surface area (Å²) in [4.78, 5) is 8.69. The van der Waals surface area contributed by atoms with Gasteiger partial charge in [-0.25, -0.2) is 9.97 Å². The number of anilines is 2. The quantitative estimate of drug-likeness (QED) is 0.686. The van der Waals surface area contributed by atoms with Gasteiger partial charge in [0, 0.05) is 41.5 Å². The molecule has 1 atom stereocenters. The smallest absolute Gasteiger partial charge is 0.134 e. The summed E-state index contributed by atoms with van der Waals surface area (Å²) in [5.74, 6) is 2.86. The monoisotopic (exact) mass is 298 g/mol. The van der Waals surface area contributed by atoms with E-state index in [1.807, 2.05) is 0 Å². The molecule has 1 unspecified atom stereocenters. The number of rotatable bonds is 9. The third-order valence-electron chi connectivity index (χ3n) is 2.90. The lowest BCUT2D eigenvalue weighted by atomic mass is 10.0. The summed E-state index contributed by atoms with van der Waals surface area (Å²) in [5.41, 5.74) is 1.12. The molecule has 0 saturated carbocycles. The van der Waals surface area contributed by atoms with Crippen LogP contribution in [0.4, 0.5) is 11.6 Å². The van der Waals surface area contributed by atoms with Gasteiger partial charge < -0.3 is 10.6 Å². The Morgan fingerprint density at radius 2 is 1.80 bits per heavy atom. The van der Waals surface area contributed by atoms with Gasteiger partial charge in [-0.3, -0.25) is 4.21 Å². The zero-order valence-electron chi connectivity index (χ0n) is 12.9. The summed E-state index contributed by atoms with van der Waals surface area (Å²) in [6, 6.07) is 0. The first kappa shape index (κ1) is 16.9. The van der Waals surface area contributed by atoms with Crippen LogP contribution in [0.3, 0.4) is 0 Å². The molecule has 0 radical (unpaired) electrons. The fraction of sp³-hybridized carbons (Fsp3) is 0.714. The van der Waals surface area contributed by atoms with Crippen LogP contribution in [-0.2, 0) is 10.8 Å². The Balaban J connectivity index is 2.75. The molecule has 0 aliphatic heterocycles. The van der Waals surface area contributed by atoms with E-state index in [0.717, 1.165) is 48.9 Å². The van der Waals surface area contributed by atoms with Gasteiger partial charge in [0.1, 0.15) is 18.0 Å². The van der Waals surface area contributed by atoms with Crippen LogP contribution in [0.15, 0.2) is 6.33 Å². The van der Waals surface area contributed by atoms with Gasteiger partial charge in [-0.15, -0.1) is 0 Å². The highest BCUT2D eigenvalue weighted by Gasteiger charge is 2.14. The van der Waals surface area contributed by atoms with Crippen molar-refractivity contribution in [3.05, 3.63) is 11.9 Å². The van der Waals surface area contributed by atoms with Crippen LogP contribution >= 0.6 is 0 Å². The first-order valence-electron chi connectivity index (χ1n) is 7.18. The number of nitrogens with one attached hydrogen (secondary N) is 2. The van der Waals surface area contributed by atoms with Crippen LogP contribution < -0.4 is 10.6 Å². The number of nitrogens with zero attached hydrogens (tertiary/aromatic N) is 2. The summed E-state index contributed by atoms with van der Waals surface area (Å²) in [6.45, 7) is 8.10. The van der Waals surface area contributed by atoms with E-state index >= 15 is 0 Å². The van der Waals surface area contributed by atoms with E-state index in [0.29, 0.717) is 5.92 Å². The van der Waals surface area contributed by atoms with Crippen molar-refractivity contribution in [3.63, 3.8) is 0 Å². The fourth-order valence-electron chi connectivity index (χ4n) is 1.95. The number of aromatic nitrogens is 2. The maximum Gasteiger partial charge on any atom is 0.134 e. The van der Waals surface area contributed by atoms with Crippen LogP contribution in [0, 0.1) is 0 Å². The van der Waals surface area contributed by atoms with E-state index in [-0.39, 0.29) is 0 Å². The van der Waals surface area contributed by atoms with Crippen molar-refractivity contribution in [3.8, 4) is 0 Å². The van der Waals surface area contributed by atoms with Gasteiger partial charge in [-0.05, 0) is 18.8 Å². The molecule has 1 aromatic rings. The molecule has 0 saturated heterocycles. The zero-order valence-corrected chi connectivity index (χ0v) is 13.7. The molecular formula is C14H26N4OS. The lowest BCUT2D eigenvalue weighted by Gasteiger charge is -2.17. The van der Waals surface area contributed by atoms with E-state index in [9.17, 15) is 4.21 Å². The number of hydrogen-bond donors (Lipinski definition) is 2. The van der Waals surface area contributed by atoms with Gasteiger partial charge >= 0.3 is 0 Å². The minimum absolute atomic E-state index is 0.346. The average molecular weight is 298 g/mol. The molecular weight excluding hydrogens is 272 g/mol. The topological polar surface area (TPSA) is 66.9 Å². The molecule has 1 rings (SSSR count). The second kappa shape index (κ2) is 8.89. The van der Waals surface area contributed by atoms with Crippen LogP contribution in [0.5, 0.6) is 0 Å². The molecule has 1 heterocycles. The molecule has 0 amide bonds. The Bertz CT molecular complexity index is 437. The molecule has 0 aliphatic rings. The van der Waals surface area contributed by atoms with Crippen LogP contribution in [-0.4, -0.2) is 39.3 Å². The lowest BCUT2D eigenvalue weighted by Crippen LogP contribution is -2.13. The van der Waals surface area contributed by atoms with Gasteiger partial charge in [-0.1, -0.05) is 20.8 Å². The molecule has 0 spiro atoms. The van der Waals surface area contributed by atoms with E-state index in [1.54, 1.807) is 12.6 Å². The van der Waals surface area contributed by atoms with Crippen molar-refractivity contribution in [1.29, 1.82) is 0 Å². The highest BCUT2D eigenvalue weighted by atomic mass is 32.2. The molecule has 1 aromatic heterocycles. The van der Waals surface area contributed by atoms with Crippen molar-refractivity contribution >= 4 is 22.4 Å². The molecule has 114 valence electrons. The molecule has 0 aromatic carbocycles. The first-order chi connectivity index (χ1) is 9.56. The van der Waals surface area contributed by atoms with Gasteiger partial charge in [0.05, 0.1) is 0 Å². The maximum absolute atomic E-state index is 11.1. The van der Waals surface area contributed by atoms with Crippen molar-refractivity contribution in [1.82, 2.24) is 9.97 Å². The molecule has 5 nitrogen and oxygen atoms in total. The minimum Gasteiger partial charge on any atom is -0.370 e. The van der Waals surface area contributed by atoms with Crippen molar-refractivity contribution in [2.45, 2.75) is 39.5 Å². The molecule has 20 heavy (non-hydrogen) atoms. The summed E-state index contributed by atoms with van der Waals surface area (Å²) in [5, 5.41) is 6.69.